The Morgan fingerprint density at radius 3 is 2.39 bits per heavy atom. The molecule has 0 aromatic heterocycles. The van der Waals surface area contributed by atoms with E-state index >= 15 is 0 Å². The Morgan fingerprint density at radius 1 is 1.13 bits per heavy atom. The number of azo groups is 1. The molecule has 0 saturated heterocycles. The molecule has 120 valence electrons. The largest absolute Gasteiger partial charge is 0.478 e. The molecular weight excluding hydrogens is 322 g/mol. The van der Waals surface area contributed by atoms with Crippen molar-refractivity contribution in [3.63, 3.8) is 0 Å². The fourth-order valence-corrected chi connectivity index (χ4v) is 1.91. The first-order chi connectivity index (χ1) is 11.0. The van der Waals surface area contributed by atoms with Crippen LogP contribution in [0.3, 0.4) is 0 Å². The van der Waals surface area contributed by atoms with Crippen molar-refractivity contribution in [2.45, 2.75) is 6.29 Å². The van der Waals surface area contributed by atoms with E-state index in [1.807, 2.05) is 0 Å². The number of hydrogen-bond donors (Lipinski definition) is 4. The molecule has 2 aromatic carbocycles. The highest BCUT2D eigenvalue weighted by atomic mass is 35.5. The van der Waals surface area contributed by atoms with E-state index in [1.54, 1.807) is 30.3 Å². The van der Waals surface area contributed by atoms with E-state index in [9.17, 15) is 4.79 Å². The summed E-state index contributed by atoms with van der Waals surface area (Å²) in [5.74, 6) is -1.01. The molecule has 7 nitrogen and oxygen atoms in total. The monoisotopic (exact) mass is 335 g/mol. The summed E-state index contributed by atoms with van der Waals surface area (Å²) in [6, 6.07) is 10.8. The number of benzene rings is 2. The second-order valence-corrected chi connectivity index (χ2v) is 4.99. The summed E-state index contributed by atoms with van der Waals surface area (Å²) < 4.78 is 0. The number of halogens is 1. The van der Waals surface area contributed by atoms with Crippen LogP contribution in [0.25, 0.3) is 0 Å². The molecule has 0 fully saturated rings. The maximum atomic E-state index is 10.8. The number of aliphatic hydroxyl groups excluding tert-OH is 1. The van der Waals surface area contributed by atoms with Crippen LogP contribution in [0, 0.1) is 0 Å². The average molecular weight is 336 g/mol. The first-order valence-electron chi connectivity index (χ1n) is 6.60. The van der Waals surface area contributed by atoms with Crippen LogP contribution in [0.4, 0.5) is 17.1 Å². The summed E-state index contributed by atoms with van der Waals surface area (Å²) in [5, 5.41) is 37.5. The van der Waals surface area contributed by atoms with Gasteiger partial charge in [-0.1, -0.05) is 11.6 Å². The molecule has 0 aliphatic heterocycles. The zero-order chi connectivity index (χ0) is 16.8. The van der Waals surface area contributed by atoms with Gasteiger partial charge in [0.1, 0.15) is 5.69 Å². The molecule has 0 aliphatic carbocycles. The van der Waals surface area contributed by atoms with Gasteiger partial charge < -0.3 is 20.6 Å². The molecule has 0 radical (unpaired) electrons. The normalized spacial score (nSPS) is 11.1. The van der Waals surface area contributed by atoms with Gasteiger partial charge in [0.25, 0.3) is 0 Å². The highest BCUT2D eigenvalue weighted by molar-refractivity contribution is 6.33. The van der Waals surface area contributed by atoms with Gasteiger partial charge in [0, 0.05) is 5.69 Å². The molecule has 0 spiro atoms. The maximum absolute atomic E-state index is 10.8. The summed E-state index contributed by atoms with van der Waals surface area (Å²) in [7, 11) is 0. The zero-order valence-electron chi connectivity index (χ0n) is 11.8. The van der Waals surface area contributed by atoms with Gasteiger partial charge in [-0.15, -0.1) is 5.11 Å². The Hall–Kier alpha value is -2.48. The van der Waals surface area contributed by atoms with Gasteiger partial charge in [-0.05, 0) is 42.5 Å². The Bertz CT molecular complexity index is 717. The van der Waals surface area contributed by atoms with Crippen LogP contribution in [0.15, 0.2) is 52.7 Å². The predicted octanol–water partition coefficient (Wildman–Crippen LogP) is 3.18. The SMILES string of the molecule is O=C(O)c1ccc(N=Nc2ccc(NCC(O)O)cc2Cl)cc1. The van der Waals surface area contributed by atoms with Gasteiger partial charge in [0.05, 0.1) is 22.8 Å². The van der Waals surface area contributed by atoms with Crippen LogP contribution >= 0.6 is 11.6 Å². The minimum Gasteiger partial charge on any atom is -0.478 e. The van der Waals surface area contributed by atoms with E-state index in [0.29, 0.717) is 22.1 Å². The number of nitrogens with one attached hydrogen (secondary N) is 1. The van der Waals surface area contributed by atoms with E-state index < -0.39 is 12.3 Å². The standard InChI is InChI=1S/C15H14ClN3O4/c16-12-7-11(17-8-14(20)21)5-6-13(12)19-18-10-3-1-9(2-4-10)15(22)23/h1-7,14,17,20-21H,8H2,(H,22,23). The van der Waals surface area contributed by atoms with Crippen molar-refractivity contribution in [2.24, 2.45) is 10.2 Å². The molecule has 0 bridgehead atoms. The van der Waals surface area contributed by atoms with E-state index in [-0.39, 0.29) is 12.1 Å². The topological polar surface area (TPSA) is 115 Å². The molecule has 2 rings (SSSR count). The summed E-state index contributed by atoms with van der Waals surface area (Å²) in [6.45, 7) is -0.0207. The van der Waals surface area contributed by atoms with Crippen LogP contribution in [0.2, 0.25) is 5.02 Å². The Balaban J connectivity index is 2.08. The molecule has 0 unspecified atom stereocenters. The van der Waals surface area contributed by atoms with Crippen molar-refractivity contribution in [1.29, 1.82) is 0 Å². The van der Waals surface area contributed by atoms with Crippen LogP contribution < -0.4 is 5.32 Å². The Kier molecular flexibility index (Phi) is 5.64. The van der Waals surface area contributed by atoms with Crippen molar-refractivity contribution in [2.75, 3.05) is 11.9 Å². The number of carbonyl (C=O) groups is 1. The number of anilines is 1. The summed E-state index contributed by atoms with van der Waals surface area (Å²) >= 11 is 6.08. The molecule has 0 aliphatic rings. The van der Waals surface area contributed by atoms with Crippen LogP contribution in [0.5, 0.6) is 0 Å². The lowest BCUT2D eigenvalue weighted by molar-refractivity contribution is -0.0275. The van der Waals surface area contributed by atoms with E-state index in [0.717, 1.165) is 0 Å². The van der Waals surface area contributed by atoms with Crippen molar-refractivity contribution in [3.8, 4) is 0 Å². The van der Waals surface area contributed by atoms with E-state index in [4.69, 9.17) is 26.9 Å². The van der Waals surface area contributed by atoms with E-state index in [2.05, 4.69) is 15.5 Å². The lowest BCUT2D eigenvalue weighted by atomic mass is 10.2. The van der Waals surface area contributed by atoms with Crippen LogP contribution in [-0.2, 0) is 0 Å². The molecule has 0 saturated carbocycles. The molecule has 23 heavy (non-hydrogen) atoms. The second-order valence-electron chi connectivity index (χ2n) is 4.58. The second kappa shape index (κ2) is 7.68. The molecule has 0 heterocycles. The quantitative estimate of drug-likeness (QED) is 0.478. The molecule has 2 aromatic rings. The molecule has 0 amide bonds. The van der Waals surface area contributed by atoms with Crippen molar-refractivity contribution < 1.29 is 20.1 Å². The van der Waals surface area contributed by atoms with Crippen molar-refractivity contribution in [3.05, 3.63) is 53.1 Å². The zero-order valence-corrected chi connectivity index (χ0v) is 12.6. The lowest BCUT2D eigenvalue weighted by Crippen LogP contribution is -2.18. The fraction of sp³-hybridized carbons (Fsp3) is 0.133. The molecule has 0 atom stereocenters. The summed E-state index contributed by atoms with van der Waals surface area (Å²) in [6.07, 6.45) is -1.46. The first kappa shape index (κ1) is 16.9. The van der Waals surface area contributed by atoms with Gasteiger partial charge in [-0.3, -0.25) is 0 Å². The van der Waals surface area contributed by atoms with Gasteiger partial charge in [0.15, 0.2) is 6.29 Å². The van der Waals surface area contributed by atoms with E-state index in [1.165, 1.54) is 12.1 Å². The highest BCUT2D eigenvalue weighted by Crippen LogP contribution is 2.29. The van der Waals surface area contributed by atoms with Gasteiger partial charge in [-0.2, -0.15) is 5.11 Å². The number of nitrogens with zero attached hydrogens (tertiary/aromatic N) is 2. The number of aliphatic hydroxyl groups is 2. The number of aromatic carboxylic acids is 1. The van der Waals surface area contributed by atoms with Crippen LogP contribution in [0.1, 0.15) is 10.4 Å². The predicted molar refractivity (Wildman–Crippen MR) is 85.7 cm³/mol. The van der Waals surface area contributed by atoms with Crippen molar-refractivity contribution in [1.82, 2.24) is 0 Å². The Morgan fingerprint density at radius 2 is 1.83 bits per heavy atom. The number of carboxylic acid groups (broad SMARTS) is 1. The highest BCUT2D eigenvalue weighted by Gasteiger charge is 2.04. The van der Waals surface area contributed by atoms with Gasteiger partial charge >= 0.3 is 5.97 Å². The fourth-order valence-electron chi connectivity index (χ4n) is 1.69. The number of rotatable bonds is 6. The maximum Gasteiger partial charge on any atom is 0.335 e. The smallest absolute Gasteiger partial charge is 0.335 e. The third-order valence-corrected chi connectivity index (χ3v) is 3.13. The van der Waals surface area contributed by atoms with Crippen LogP contribution in [-0.4, -0.2) is 34.1 Å². The van der Waals surface area contributed by atoms with Gasteiger partial charge in [0.2, 0.25) is 0 Å². The van der Waals surface area contributed by atoms with Gasteiger partial charge in [-0.25, -0.2) is 4.79 Å². The van der Waals surface area contributed by atoms with Crippen molar-refractivity contribution >= 4 is 34.6 Å². The minimum absolute atomic E-state index is 0.0207. The summed E-state index contributed by atoms with van der Waals surface area (Å²) in [5.41, 5.74) is 1.72. The summed E-state index contributed by atoms with van der Waals surface area (Å²) in [4.78, 5) is 10.8. The average Bonchev–Trinajstić information content (AvgIpc) is 2.52. The number of hydrogen-bond acceptors (Lipinski definition) is 6. The number of carboxylic acids is 1. The minimum atomic E-state index is -1.46. The molecule has 4 N–H and O–H groups in total. The molecule has 8 heteroatoms. The first-order valence-corrected chi connectivity index (χ1v) is 6.98. The third-order valence-electron chi connectivity index (χ3n) is 2.82. The third kappa shape index (κ3) is 5.03. The molecular formula is C15H14ClN3O4. The Labute approximate surface area is 136 Å². The lowest BCUT2D eigenvalue weighted by Gasteiger charge is -2.08.